The molecule has 6 heteroatoms. The second kappa shape index (κ2) is 27.4. The van der Waals surface area contributed by atoms with Crippen molar-refractivity contribution >= 4 is 65.4 Å². The fourth-order valence-electron chi connectivity index (χ4n) is 17.1. The van der Waals surface area contributed by atoms with Crippen molar-refractivity contribution in [1.82, 2.24) is 29.9 Å². The van der Waals surface area contributed by atoms with Gasteiger partial charge in [-0.25, -0.2) is 29.9 Å². The van der Waals surface area contributed by atoms with Gasteiger partial charge in [0.2, 0.25) is 0 Å². The lowest BCUT2D eigenvalue weighted by Gasteiger charge is -2.17. The normalized spacial score (nSPS) is 11.7. The van der Waals surface area contributed by atoms with Gasteiger partial charge in [-0.05, 0) is 173 Å². The maximum atomic E-state index is 5.53. The van der Waals surface area contributed by atoms with Crippen molar-refractivity contribution in [2.24, 2.45) is 0 Å². The van der Waals surface area contributed by atoms with Crippen LogP contribution in [0.5, 0.6) is 0 Å². The first kappa shape index (κ1) is 65.8. The zero-order valence-corrected chi connectivity index (χ0v) is 61.8. The molecule has 528 valence electrons. The van der Waals surface area contributed by atoms with Crippen molar-refractivity contribution in [2.45, 2.75) is 0 Å². The Labute approximate surface area is 659 Å². The molecule has 0 fully saturated rings. The third-order valence-electron chi connectivity index (χ3n) is 22.8. The van der Waals surface area contributed by atoms with E-state index in [1.807, 2.05) is 0 Å². The zero-order valence-electron chi connectivity index (χ0n) is 61.8. The molecule has 114 heavy (non-hydrogen) atoms. The Morgan fingerprint density at radius 2 is 0.228 bits per heavy atom. The summed E-state index contributed by atoms with van der Waals surface area (Å²) < 4.78 is 0. The Morgan fingerprint density at radius 1 is 0.105 bits per heavy atom. The molecule has 0 saturated carbocycles. The van der Waals surface area contributed by atoms with E-state index in [4.69, 9.17) is 29.9 Å². The molecule has 38 aliphatic heterocycles. The summed E-state index contributed by atoms with van der Waals surface area (Å²) in [5.41, 5.74) is 36.7. The topological polar surface area (TPSA) is 77.3 Å². The van der Waals surface area contributed by atoms with E-state index >= 15 is 0 Å². The van der Waals surface area contributed by atoms with Gasteiger partial charge in [-0.2, -0.15) is 0 Å². The standard InChI is InChI=1S/C108H66N6/c1-7-19-73(20-8-1)85-61-97-79-43-31-67(32-44-79)68-35-47-81(48-36-68)99-63-87(75-23-11-3-12-24-75)105-93(111-99)57-58-94-106(105)89(77-27-15-5-16-28-77)65-101(113-94)83-51-39-71(40-52-83)72-41-53-84(54-42-72)102-66-90(78-29-17-6-18-30-78)108-96(114-102)60-59-95-107(108)88(76-25-13-4-14-26-76)64-100(112-95)82-49-37-70(38-50-82)69-33-45-80(46-34-69)98-62-86(74-21-9-2-10-22-74)104-92(110-98)56-55-91(109-97)103(85)104/h1-66H. The average molecular weight is 1450 g/mol. The monoisotopic (exact) mass is 1450 g/mol. The number of hydrogen-bond acceptors (Lipinski definition) is 6. The summed E-state index contributed by atoms with van der Waals surface area (Å²) in [5.74, 6) is 0. The molecule has 59 rings (SSSR count). The van der Waals surface area contributed by atoms with Crippen LogP contribution < -0.4 is 0 Å². The lowest BCUT2D eigenvalue weighted by Crippen LogP contribution is -1.96. The molecule has 6 aromatic heterocycles. The van der Waals surface area contributed by atoms with Gasteiger partial charge in [0.1, 0.15) is 0 Å². The van der Waals surface area contributed by atoms with Gasteiger partial charge in [0, 0.05) is 65.7 Å². The van der Waals surface area contributed by atoms with E-state index in [9.17, 15) is 0 Å². The van der Waals surface area contributed by atoms with Gasteiger partial charge in [0.05, 0.1) is 67.3 Å². The van der Waals surface area contributed by atoms with Crippen molar-refractivity contribution in [3.8, 4) is 168 Å². The average Bonchev–Trinajstić information content (AvgIpc) is 0.743. The number of nitrogens with zero attached hydrogens (tertiary/aromatic N) is 6. The fraction of sp³-hybridized carbons (Fsp3) is 0. The summed E-state index contributed by atoms with van der Waals surface area (Å²) in [4.78, 5) is 33.2. The summed E-state index contributed by atoms with van der Waals surface area (Å²) in [6, 6.07) is 144. The van der Waals surface area contributed by atoms with E-state index in [0.29, 0.717) is 0 Å². The molecule has 21 aromatic rings. The molecule has 44 heterocycles. The Kier molecular flexibility index (Phi) is 15.8. The van der Waals surface area contributed by atoms with Gasteiger partial charge in [-0.3, -0.25) is 0 Å². The lowest BCUT2D eigenvalue weighted by atomic mass is 9.90. The van der Waals surface area contributed by atoms with E-state index in [-0.39, 0.29) is 0 Å². The van der Waals surface area contributed by atoms with Crippen LogP contribution in [0.3, 0.4) is 0 Å². The molecule has 6 nitrogen and oxygen atoms in total. The number of hydrogen-bond donors (Lipinski definition) is 0. The Morgan fingerprint density at radius 3 is 0.360 bits per heavy atom. The van der Waals surface area contributed by atoms with E-state index in [1.165, 1.54) is 0 Å². The predicted molar refractivity (Wildman–Crippen MR) is 473 cm³/mol. The number of benzene rings is 15. The first-order valence-electron chi connectivity index (χ1n) is 38.8. The van der Waals surface area contributed by atoms with Crippen molar-refractivity contribution in [2.75, 3.05) is 0 Å². The van der Waals surface area contributed by atoms with Crippen LogP contribution in [0, 0.1) is 0 Å². The van der Waals surface area contributed by atoms with Crippen LogP contribution in [0.4, 0.5) is 0 Å². The minimum Gasteiger partial charge on any atom is -0.248 e. The zero-order chi connectivity index (χ0) is 75.2. The van der Waals surface area contributed by atoms with E-state index in [1.54, 1.807) is 0 Å². The molecule has 0 spiro atoms. The maximum absolute atomic E-state index is 5.53. The minimum absolute atomic E-state index is 0.891. The fourth-order valence-corrected chi connectivity index (χ4v) is 17.1. The number of aromatic nitrogens is 6. The first-order valence-corrected chi connectivity index (χ1v) is 38.8. The largest absolute Gasteiger partial charge is 0.248 e. The minimum atomic E-state index is 0.891. The third kappa shape index (κ3) is 11.7. The molecule has 0 atom stereocenters. The van der Waals surface area contributed by atoms with Gasteiger partial charge in [0.15, 0.2) is 0 Å². The second-order valence-corrected chi connectivity index (χ2v) is 29.6. The number of rotatable bonds is 6. The van der Waals surface area contributed by atoms with Crippen molar-refractivity contribution in [3.63, 3.8) is 0 Å². The smallest absolute Gasteiger partial charge is 0.0723 e. The summed E-state index contributed by atoms with van der Waals surface area (Å²) in [6.45, 7) is 0. The highest BCUT2D eigenvalue weighted by atomic mass is 14.8. The van der Waals surface area contributed by atoms with E-state index in [0.717, 1.165) is 233 Å². The highest BCUT2D eigenvalue weighted by Gasteiger charge is 2.24. The quantitative estimate of drug-likeness (QED) is 0.154. The third-order valence-corrected chi connectivity index (χ3v) is 22.8. The van der Waals surface area contributed by atoms with Gasteiger partial charge in [0.25, 0.3) is 0 Å². The molecule has 15 aromatic carbocycles. The highest BCUT2D eigenvalue weighted by molar-refractivity contribution is 6.22. The Bertz CT molecular complexity index is 6180. The van der Waals surface area contributed by atoms with Crippen LogP contribution in [-0.4, -0.2) is 29.9 Å². The molecule has 0 aliphatic carbocycles. The van der Waals surface area contributed by atoms with Crippen LogP contribution in [0.1, 0.15) is 0 Å². The van der Waals surface area contributed by atoms with E-state index in [2.05, 4.69) is 400 Å². The molecule has 0 saturated heterocycles. The molecule has 30 bridgehead atoms. The van der Waals surface area contributed by atoms with Gasteiger partial charge >= 0.3 is 0 Å². The molecule has 0 unspecified atom stereocenters. The van der Waals surface area contributed by atoms with Crippen LogP contribution in [0.25, 0.3) is 233 Å². The molecule has 0 radical (unpaired) electrons. The second-order valence-electron chi connectivity index (χ2n) is 29.6. The van der Waals surface area contributed by atoms with Crippen LogP contribution in [0.15, 0.2) is 400 Å². The molecular formula is C108H66N6. The summed E-state index contributed by atoms with van der Waals surface area (Å²) in [5, 5.41) is 6.36. The van der Waals surface area contributed by atoms with Crippen LogP contribution in [0.2, 0.25) is 0 Å². The summed E-state index contributed by atoms with van der Waals surface area (Å²) in [7, 11) is 0. The predicted octanol–water partition coefficient (Wildman–Crippen LogP) is 28.3. The van der Waals surface area contributed by atoms with Gasteiger partial charge < -0.3 is 0 Å². The van der Waals surface area contributed by atoms with Crippen LogP contribution in [-0.2, 0) is 0 Å². The van der Waals surface area contributed by atoms with Crippen molar-refractivity contribution < 1.29 is 0 Å². The molecule has 0 N–H and O–H groups in total. The van der Waals surface area contributed by atoms with Crippen molar-refractivity contribution in [1.29, 1.82) is 0 Å². The summed E-state index contributed by atoms with van der Waals surface area (Å²) in [6.07, 6.45) is 0. The van der Waals surface area contributed by atoms with Crippen molar-refractivity contribution in [3.05, 3.63) is 400 Å². The van der Waals surface area contributed by atoms with Crippen LogP contribution >= 0.6 is 0 Å². The van der Waals surface area contributed by atoms with Gasteiger partial charge in [-0.15, -0.1) is 0 Å². The molecule has 0 amide bonds. The lowest BCUT2D eigenvalue weighted by molar-refractivity contribution is 1.38. The Balaban J connectivity index is 0.711. The molecular weight excluding hydrogens is 1380 g/mol. The SMILES string of the molecule is c1ccc(-c2cc3nc4ccc5nc(cc(-c6ccccc6)c5c24)-c2ccc(cc2)-c2ccc(cc2)-c2cc(-c4ccccc4)c4c(ccc5nc(cc(-c6ccccc6)c54)-c4ccc(cc4)-c4ccc(cc4)-c4cc(-c5ccccc5)c5c(ccc6nc(cc(-c7ccccc7)c65)-c5ccc(cc5)-c5ccc-3cc5)n4)n2)cc1. The van der Waals surface area contributed by atoms with Gasteiger partial charge in [-0.1, -0.05) is 328 Å². The first-order chi connectivity index (χ1) is 56.4. The highest BCUT2D eigenvalue weighted by Crippen LogP contribution is 2.48. The molecule has 38 aliphatic rings. The maximum Gasteiger partial charge on any atom is 0.0723 e. The summed E-state index contributed by atoms with van der Waals surface area (Å²) >= 11 is 0. The number of pyridine rings is 6. The Hall–Kier alpha value is -15.2. The van der Waals surface area contributed by atoms with E-state index < -0.39 is 0 Å².